The summed E-state index contributed by atoms with van der Waals surface area (Å²) in [6, 6.07) is 7.20. The molecule has 0 aliphatic rings. The molecule has 0 spiro atoms. The molecule has 5 heteroatoms. The largest absolute Gasteiger partial charge is 0.332 e. The summed E-state index contributed by atoms with van der Waals surface area (Å²) in [4.78, 5) is 25.1. The van der Waals surface area contributed by atoms with Gasteiger partial charge in [0.05, 0.1) is 10.9 Å². The highest BCUT2D eigenvalue weighted by molar-refractivity contribution is 5.95. The Balaban J connectivity index is 0.000000853. The van der Waals surface area contributed by atoms with Crippen molar-refractivity contribution in [3.8, 4) is 0 Å². The normalized spacial score (nSPS) is 10.7. The molecule has 0 fully saturated rings. The lowest BCUT2D eigenvalue weighted by Crippen LogP contribution is -2.24. The SMILES string of the molecule is Cl.O=c1[nH]c(=O)n2ccc3cccc1c32. The first-order valence-corrected chi connectivity index (χ1v) is 4.23. The molecule has 2 heterocycles. The Labute approximate surface area is 89.9 Å². The number of hydrogen-bond donors (Lipinski definition) is 1. The van der Waals surface area contributed by atoms with E-state index < -0.39 is 0 Å². The van der Waals surface area contributed by atoms with E-state index in [4.69, 9.17) is 0 Å². The van der Waals surface area contributed by atoms with Gasteiger partial charge in [-0.1, -0.05) is 12.1 Å². The Morgan fingerprint density at radius 1 is 1.13 bits per heavy atom. The smallest absolute Gasteiger partial charge is 0.273 e. The number of rotatable bonds is 0. The van der Waals surface area contributed by atoms with Crippen LogP contribution in [-0.4, -0.2) is 9.38 Å². The van der Waals surface area contributed by atoms with E-state index in [0.29, 0.717) is 10.9 Å². The maximum atomic E-state index is 11.4. The lowest BCUT2D eigenvalue weighted by molar-refractivity contribution is 0.997. The van der Waals surface area contributed by atoms with Crippen molar-refractivity contribution in [2.24, 2.45) is 0 Å². The first-order chi connectivity index (χ1) is 6.77. The van der Waals surface area contributed by atoms with Gasteiger partial charge < -0.3 is 0 Å². The Kier molecular flexibility index (Phi) is 2.01. The van der Waals surface area contributed by atoms with Crippen LogP contribution in [0.3, 0.4) is 0 Å². The highest BCUT2D eigenvalue weighted by Crippen LogP contribution is 2.16. The molecule has 76 valence electrons. The number of hydrogen-bond acceptors (Lipinski definition) is 2. The van der Waals surface area contributed by atoms with Crippen LogP contribution in [0.15, 0.2) is 40.1 Å². The number of para-hydroxylation sites is 1. The fourth-order valence-electron chi connectivity index (χ4n) is 1.77. The van der Waals surface area contributed by atoms with Crippen molar-refractivity contribution in [1.82, 2.24) is 9.38 Å². The van der Waals surface area contributed by atoms with Crippen molar-refractivity contribution < 1.29 is 0 Å². The van der Waals surface area contributed by atoms with Crippen LogP contribution in [-0.2, 0) is 0 Å². The van der Waals surface area contributed by atoms with Gasteiger partial charge in [-0.3, -0.25) is 14.2 Å². The van der Waals surface area contributed by atoms with Gasteiger partial charge >= 0.3 is 5.69 Å². The van der Waals surface area contributed by atoms with Gasteiger partial charge in [-0.25, -0.2) is 4.79 Å². The lowest BCUT2D eigenvalue weighted by Gasteiger charge is -1.97. The summed E-state index contributed by atoms with van der Waals surface area (Å²) in [7, 11) is 0. The fourth-order valence-corrected chi connectivity index (χ4v) is 1.77. The van der Waals surface area contributed by atoms with Crippen molar-refractivity contribution in [3.63, 3.8) is 0 Å². The topological polar surface area (TPSA) is 54.3 Å². The van der Waals surface area contributed by atoms with Gasteiger partial charge in [0.1, 0.15) is 0 Å². The molecule has 0 saturated carbocycles. The molecule has 4 nitrogen and oxygen atoms in total. The Morgan fingerprint density at radius 3 is 2.73 bits per heavy atom. The third-order valence-corrected chi connectivity index (χ3v) is 2.40. The number of halogens is 1. The molecule has 0 unspecified atom stereocenters. The highest BCUT2D eigenvalue weighted by Gasteiger charge is 2.07. The quantitative estimate of drug-likeness (QED) is 0.617. The number of nitrogens with one attached hydrogen (secondary N) is 1. The number of aromatic amines is 1. The second-order valence-corrected chi connectivity index (χ2v) is 3.19. The molecule has 15 heavy (non-hydrogen) atoms. The van der Waals surface area contributed by atoms with E-state index in [0.717, 1.165) is 5.39 Å². The van der Waals surface area contributed by atoms with E-state index >= 15 is 0 Å². The van der Waals surface area contributed by atoms with E-state index in [-0.39, 0.29) is 23.7 Å². The molecule has 2 aromatic heterocycles. The minimum absolute atomic E-state index is 0. The molecule has 1 aromatic carbocycles. The first-order valence-electron chi connectivity index (χ1n) is 4.23. The third kappa shape index (κ3) is 1.15. The van der Waals surface area contributed by atoms with Crippen molar-refractivity contribution in [2.75, 3.05) is 0 Å². The molecule has 0 radical (unpaired) electrons. The monoisotopic (exact) mass is 222 g/mol. The van der Waals surface area contributed by atoms with Gasteiger partial charge in [0.15, 0.2) is 0 Å². The minimum Gasteiger partial charge on any atom is -0.273 e. The molecule has 0 bridgehead atoms. The van der Waals surface area contributed by atoms with Gasteiger partial charge in [-0.05, 0) is 12.1 Å². The summed E-state index contributed by atoms with van der Waals surface area (Å²) in [5.41, 5.74) is -0.0169. The van der Waals surface area contributed by atoms with Gasteiger partial charge in [-0.2, -0.15) is 0 Å². The van der Waals surface area contributed by atoms with Crippen LogP contribution in [0.4, 0.5) is 0 Å². The predicted molar refractivity (Wildman–Crippen MR) is 60.2 cm³/mol. The van der Waals surface area contributed by atoms with E-state index in [9.17, 15) is 9.59 Å². The standard InChI is InChI=1S/C10H6N2O2.ClH/c13-9-7-3-1-2-6-4-5-12(8(6)7)10(14)11-9;/h1-5H,(H,11,13,14);1H. The second kappa shape index (κ2) is 3.10. The molecule has 0 aliphatic carbocycles. The van der Waals surface area contributed by atoms with Crippen molar-refractivity contribution in [2.45, 2.75) is 0 Å². The summed E-state index contributed by atoms with van der Waals surface area (Å²) in [5, 5.41) is 1.46. The van der Waals surface area contributed by atoms with Gasteiger partial charge in [0.25, 0.3) is 5.56 Å². The molecular weight excluding hydrogens is 216 g/mol. The fraction of sp³-hybridized carbons (Fsp3) is 0. The van der Waals surface area contributed by atoms with Crippen LogP contribution >= 0.6 is 12.4 Å². The molecule has 0 atom stereocenters. The first kappa shape index (κ1) is 9.73. The highest BCUT2D eigenvalue weighted by atomic mass is 35.5. The summed E-state index contributed by atoms with van der Waals surface area (Å²) in [5.74, 6) is 0. The summed E-state index contributed by atoms with van der Waals surface area (Å²) >= 11 is 0. The molecule has 3 rings (SSSR count). The number of nitrogens with zero attached hydrogens (tertiary/aromatic N) is 1. The Morgan fingerprint density at radius 2 is 1.93 bits per heavy atom. The average Bonchev–Trinajstić information content (AvgIpc) is 2.59. The van der Waals surface area contributed by atoms with E-state index in [1.807, 2.05) is 12.1 Å². The van der Waals surface area contributed by atoms with Crippen molar-refractivity contribution >= 4 is 28.7 Å². The zero-order valence-corrected chi connectivity index (χ0v) is 8.38. The van der Waals surface area contributed by atoms with Crippen LogP contribution in [0.5, 0.6) is 0 Å². The molecule has 3 aromatic rings. The van der Waals surface area contributed by atoms with E-state index in [1.54, 1.807) is 18.3 Å². The average molecular weight is 223 g/mol. The number of aromatic nitrogens is 2. The van der Waals surface area contributed by atoms with Crippen LogP contribution in [0.2, 0.25) is 0 Å². The van der Waals surface area contributed by atoms with Crippen LogP contribution in [0.1, 0.15) is 0 Å². The third-order valence-electron chi connectivity index (χ3n) is 2.40. The molecule has 0 amide bonds. The van der Waals surface area contributed by atoms with Gasteiger partial charge in [0.2, 0.25) is 0 Å². The number of H-pyrrole nitrogens is 1. The van der Waals surface area contributed by atoms with Crippen LogP contribution < -0.4 is 11.2 Å². The summed E-state index contributed by atoms with van der Waals surface area (Å²) < 4.78 is 1.45. The van der Waals surface area contributed by atoms with Crippen molar-refractivity contribution in [1.29, 1.82) is 0 Å². The lowest BCUT2D eigenvalue weighted by atomic mass is 10.2. The molecule has 0 aliphatic heterocycles. The van der Waals surface area contributed by atoms with Crippen molar-refractivity contribution in [3.05, 3.63) is 51.3 Å². The second-order valence-electron chi connectivity index (χ2n) is 3.19. The Bertz CT molecular complexity index is 729. The minimum atomic E-state index is -0.385. The Hall–Kier alpha value is -1.81. The molecular formula is C10H7ClN2O2. The van der Waals surface area contributed by atoms with E-state index in [2.05, 4.69) is 4.98 Å². The van der Waals surface area contributed by atoms with E-state index in [1.165, 1.54) is 4.40 Å². The van der Waals surface area contributed by atoms with Gasteiger partial charge in [0, 0.05) is 11.6 Å². The maximum Gasteiger partial charge on any atom is 0.332 e. The predicted octanol–water partition coefficient (Wildman–Crippen LogP) is 1.00. The zero-order valence-electron chi connectivity index (χ0n) is 7.56. The summed E-state index contributed by atoms with van der Waals surface area (Å²) in [6.45, 7) is 0. The molecule has 1 N–H and O–H groups in total. The van der Waals surface area contributed by atoms with Gasteiger partial charge in [-0.15, -0.1) is 12.4 Å². The number of benzene rings is 1. The zero-order chi connectivity index (χ0) is 9.71. The van der Waals surface area contributed by atoms with Crippen LogP contribution in [0, 0.1) is 0 Å². The van der Waals surface area contributed by atoms with Crippen LogP contribution in [0.25, 0.3) is 16.3 Å². The molecule has 0 saturated heterocycles. The summed E-state index contributed by atoms with van der Waals surface area (Å²) in [6.07, 6.45) is 1.66. The maximum absolute atomic E-state index is 11.4.